The number of aliphatic imine (C=N–C) groups is 1. The predicted octanol–water partition coefficient (Wildman–Crippen LogP) is -0.474. The summed E-state index contributed by atoms with van der Waals surface area (Å²) < 4.78 is 0. The lowest BCUT2D eigenvalue weighted by molar-refractivity contribution is 1.11. The van der Waals surface area contributed by atoms with Crippen molar-refractivity contribution in [3.8, 4) is 0 Å². The second-order valence-corrected chi connectivity index (χ2v) is 0.899. The second kappa shape index (κ2) is 2.50. The van der Waals surface area contributed by atoms with Crippen molar-refractivity contribution >= 4 is 5.96 Å². The van der Waals surface area contributed by atoms with Crippen LogP contribution in [-0.2, 0) is 0 Å². The van der Waals surface area contributed by atoms with Crippen LogP contribution in [0.4, 0.5) is 0 Å². The van der Waals surface area contributed by atoms with Crippen molar-refractivity contribution in [2.45, 2.75) is 6.92 Å². The highest BCUT2D eigenvalue weighted by atomic mass is 15.0. The Balaban J connectivity index is 0. The van der Waals surface area contributed by atoms with Gasteiger partial charge in [-0.3, -0.25) is 4.99 Å². The van der Waals surface area contributed by atoms with E-state index in [0.29, 0.717) is 6.54 Å². The van der Waals surface area contributed by atoms with Crippen molar-refractivity contribution in [2.75, 3.05) is 6.54 Å². The van der Waals surface area contributed by atoms with Crippen LogP contribution in [0, 0.1) is 0 Å². The van der Waals surface area contributed by atoms with E-state index in [2.05, 4.69) is 4.99 Å². The van der Waals surface area contributed by atoms with Crippen molar-refractivity contribution in [1.82, 2.24) is 0 Å². The zero-order valence-corrected chi connectivity index (χ0v) is 3.81. The average molecular weight is 89.1 g/mol. The summed E-state index contributed by atoms with van der Waals surface area (Å²) in [5.74, 6) is 0.164. The second-order valence-electron chi connectivity index (χ2n) is 0.899. The van der Waals surface area contributed by atoms with Crippen molar-refractivity contribution in [1.29, 1.82) is 0 Å². The molecule has 0 aromatic heterocycles. The highest BCUT2D eigenvalue weighted by Crippen LogP contribution is 1.58. The van der Waals surface area contributed by atoms with Crippen LogP contribution in [-0.4, -0.2) is 12.5 Å². The fourth-order valence-corrected chi connectivity index (χ4v) is 0.183. The third-order valence-corrected chi connectivity index (χ3v) is 0.341. The number of nitrogens with two attached hydrogens (primary N) is 2. The Morgan fingerprint density at radius 3 is 2.33 bits per heavy atom. The van der Waals surface area contributed by atoms with Crippen LogP contribution < -0.4 is 11.5 Å². The van der Waals surface area contributed by atoms with Gasteiger partial charge in [0.15, 0.2) is 5.96 Å². The minimum Gasteiger partial charge on any atom is -0.370 e. The smallest absolute Gasteiger partial charge is 0.185 e. The first-order valence-corrected chi connectivity index (χ1v) is 1.82. The Hall–Kier alpha value is -0.730. The molecule has 0 aromatic rings. The number of rotatable bonds is 1. The van der Waals surface area contributed by atoms with Crippen molar-refractivity contribution in [3.63, 3.8) is 0 Å². The van der Waals surface area contributed by atoms with Crippen molar-refractivity contribution in [3.05, 3.63) is 0 Å². The summed E-state index contributed by atoms with van der Waals surface area (Å²) in [6, 6.07) is 0. The summed E-state index contributed by atoms with van der Waals surface area (Å²) in [7, 11) is 0. The molecule has 0 aromatic carbocycles. The van der Waals surface area contributed by atoms with Crippen LogP contribution in [0.5, 0.6) is 0 Å². The number of hydrogen-bond donors (Lipinski definition) is 2. The molecule has 38 valence electrons. The van der Waals surface area contributed by atoms with E-state index in [4.69, 9.17) is 11.5 Å². The summed E-state index contributed by atoms with van der Waals surface area (Å²) >= 11 is 0. The third kappa shape index (κ3) is 3.27. The first-order valence-electron chi connectivity index (χ1n) is 1.82. The number of guanidine groups is 1. The first-order chi connectivity index (χ1) is 2.77. The molecule has 0 fully saturated rings. The van der Waals surface area contributed by atoms with Crippen LogP contribution in [0.1, 0.15) is 8.35 Å². The Bertz CT molecular complexity index is 57.2. The molecule has 0 radical (unpaired) electrons. The summed E-state index contributed by atoms with van der Waals surface area (Å²) in [4.78, 5) is 3.60. The lowest BCUT2D eigenvalue weighted by Gasteiger charge is -1.82. The molecule has 0 saturated carbocycles. The van der Waals surface area contributed by atoms with E-state index in [0.717, 1.165) is 0 Å². The van der Waals surface area contributed by atoms with E-state index in [-0.39, 0.29) is 7.39 Å². The minimum absolute atomic E-state index is 0. The maximum atomic E-state index is 4.93. The van der Waals surface area contributed by atoms with Crippen LogP contribution in [0.3, 0.4) is 0 Å². The van der Waals surface area contributed by atoms with Crippen LogP contribution >= 0.6 is 0 Å². The molecule has 0 atom stereocenters. The first kappa shape index (κ1) is 5.27. The summed E-state index contributed by atoms with van der Waals surface area (Å²) in [6.07, 6.45) is 0. The van der Waals surface area contributed by atoms with E-state index in [9.17, 15) is 0 Å². The van der Waals surface area contributed by atoms with Gasteiger partial charge in [0, 0.05) is 7.97 Å². The molecule has 0 saturated heterocycles. The molecule has 0 spiro atoms. The molecule has 3 nitrogen and oxygen atoms in total. The summed E-state index contributed by atoms with van der Waals surface area (Å²) in [6.45, 7) is 2.54. The molecule has 0 amide bonds. The van der Waals surface area contributed by atoms with Gasteiger partial charge in [0.25, 0.3) is 0 Å². The van der Waals surface area contributed by atoms with E-state index in [1.54, 1.807) is 0 Å². The SMILES string of the molecule is CCN=C(N)N.[HH]. The average Bonchev–Trinajstić information content (AvgIpc) is 1.35. The fraction of sp³-hybridized carbons (Fsp3) is 0.667. The molecule has 6 heavy (non-hydrogen) atoms. The van der Waals surface area contributed by atoms with Crippen LogP contribution in [0.15, 0.2) is 4.99 Å². The Kier molecular flexibility index (Phi) is 2.20. The molecule has 0 aliphatic carbocycles. The van der Waals surface area contributed by atoms with Gasteiger partial charge in [0.05, 0.1) is 0 Å². The molecular formula is C3H11N3. The molecule has 0 unspecified atom stereocenters. The molecule has 0 rings (SSSR count). The van der Waals surface area contributed by atoms with Gasteiger partial charge in [-0.2, -0.15) is 0 Å². The van der Waals surface area contributed by atoms with Gasteiger partial charge in [-0.05, 0) is 6.92 Å². The monoisotopic (exact) mass is 89.1 g/mol. The highest BCUT2D eigenvalue weighted by Gasteiger charge is 1.68. The van der Waals surface area contributed by atoms with Gasteiger partial charge in [-0.15, -0.1) is 0 Å². The van der Waals surface area contributed by atoms with E-state index < -0.39 is 0 Å². The maximum Gasteiger partial charge on any atom is 0.185 e. The maximum absolute atomic E-state index is 4.93. The lowest BCUT2D eigenvalue weighted by Crippen LogP contribution is -2.22. The fourth-order valence-electron chi connectivity index (χ4n) is 0.183. The molecular weight excluding hydrogens is 78.1 g/mol. The lowest BCUT2D eigenvalue weighted by atomic mass is 10.8. The topological polar surface area (TPSA) is 64.4 Å². The van der Waals surface area contributed by atoms with Crippen molar-refractivity contribution in [2.24, 2.45) is 16.5 Å². The quantitative estimate of drug-likeness (QED) is 0.337. The molecule has 4 N–H and O–H groups in total. The van der Waals surface area contributed by atoms with E-state index >= 15 is 0 Å². The number of hydrogen-bond acceptors (Lipinski definition) is 1. The Morgan fingerprint density at radius 1 is 1.83 bits per heavy atom. The molecule has 0 heterocycles. The predicted molar refractivity (Wildman–Crippen MR) is 28.5 cm³/mol. The largest absolute Gasteiger partial charge is 0.370 e. The summed E-state index contributed by atoms with van der Waals surface area (Å²) in [5, 5.41) is 0. The molecule has 0 aliphatic heterocycles. The van der Waals surface area contributed by atoms with Crippen LogP contribution in [0.2, 0.25) is 0 Å². The zero-order valence-electron chi connectivity index (χ0n) is 3.81. The summed E-state index contributed by atoms with van der Waals surface area (Å²) in [5.41, 5.74) is 9.86. The highest BCUT2D eigenvalue weighted by molar-refractivity contribution is 5.75. The standard InChI is InChI=1S/C3H9N3.H2/c1-2-6-3(4)5;/h2H2,1H3,(H4,4,5,6);1H. The van der Waals surface area contributed by atoms with Crippen LogP contribution in [0.25, 0.3) is 0 Å². The molecule has 0 aliphatic rings. The Morgan fingerprint density at radius 2 is 2.33 bits per heavy atom. The van der Waals surface area contributed by atoms with Crippen molar-refractivity contribution < 1.29 is 1.43 Å². The van der Waals surface area contributed by atoms with Gasteiger partial charge in [0.1, 0.15) is 0 Å². The Labute approximate surface area is 38.5 Å². The van der Waals surface area contributed by atoms with E-state index in [1.807, 2.05) is 6.92 Å². The zero-order chi connectivity index (χ0) is 4.99. The van der Waals surface area contributed by atoms with Gasteiger partial charge >= 0.3 is 0 Å². The van der Waals surface area contributed by atoms with E-state index in [1.165, 1.54) is 0 Å². The molecule has 3 heteroatoms. The normalized spacial score (nSPS) is 7.50. The third-order valence-electron chi connectivity index (χ3n) is 0.341. The number of nitrogens with zero attached hydrogens (tertiary/aromatic N) is 1. The minimum atomic E-state index is 0. The van der Waals surface area contributed by atoms with Gasteiger partial charge in [-0.25, -0.2) is 0 Å². The molecule has 0 bridgehead atoms. The van der Waals surface area contributed by atoms with Gasteiger partial charge in [0.2, 0.25) is 0 Å². The van der Waals surface area contributed by atoms with Gasteiger partial charge in [-0.1, -0.05) is 0 Å². The van der Waals surface area contributed by atoms with Gasteiger partial charge < -0.3 is 11.5 Å².